The first-order valence-electron chi connectivity index (χ1n) is 9.49. The maximum absolute atomic E-state index is 11.6. The van der Waals surface area contributed by atoms with E-state index in [0.717, 1.165) is 23.8 Å². The lowest BCUT2D eigenvalue weighted by Gasteiger charge is -2.13. The first-order chi connectivity index (χ1) is 14.5. The molecule has 0 aliphatic heterocycles. The highest BCUT2D eigenvalue weighted by atomic mass is 16.6. The van der Waals surface area contributed by atoms with E-state index in [1.165, 1.54) is 18.2 Å². The molecular weight excluding hydrogens is 386 g/mol. The van der Waals surface area contributed by atoms with Gasteiger partial charge in [0.25, 0.3) is 5.69 Å². The molecule has 0 bridgehead atoms. The molecule has 0 aliphatic carbocycles. The average Bonchev–Trinajstić information content (AvgIpc) is 2.72. The van der Waals surface area contributed by atoms with Crippen LogP contribution in [0.2, 0.25) is 0 Å². The summed E-state index contributed by atoms with van der Waals surface area (Å²) in [5, 5.41) is 11.9. The Morgan fingerprint density at radius 3 is 2.73 bits per heavy atom. The third kappa shape index (κ3) is 5.17. The van der Waals surface area contributed by atoms with Crippen molar-refractivity contribution in [1.29, 1.82) is 0 Å². The molecule has 1 heterocycles. The monoisotopic (exact) mass is 407 g/mol. The van der Waals surface area contributed by atoms with Crippen LogP contribution < -0.4 is 15.1 Å². The minimum Gasteiger partial charge on any atom is -0.493 e. The van der Waals surface area contributed by atoms with E-state index in [1.807, 2.05) is 13.0 Å². The lowest BCUT2D eigenvalue weighted by molar-refractivity contribution is -0.385. The summed E-state index contributed by atoms with van der Waals surface area (Å²) >= 11 is 0. The molecule has 0 fully saturated rings. The largest absolute Gasteiger partial charge is 0.493 e. The van der Waals surface area contributed by atoms with E-state index in [2.05, 4.69) is 5.92 Å². The number of hydrogen-bond donors (Lipinski definition) is 0. The fourth-order valence-corrected chi connectivity index (χ4v) is 2.98. The fourth-order valence-electron chi connectivity index (χ4n) is 2.98. The molecule has 3 rings (SSSR count). The Hall–Kier alpha value is -3.79. The summed E-state index contributed by atoms with van der Waals surface area (Å²) in [6.45, 7) is 2.37. The second kappa shape index (κ2) is 9.61. The molecule has 0 unspecified atom stereocenters. The number of nitro benzene ring substituents is 1. The predicted molar refractivity (Wildman–Crippen MR) is 113 cm³/mol. The highest BCUT2D eigenvalue weighted by Crippen LogP contribution is 2.28. The fraction of sp³-hybridized carbons (Fsp3) is 0.261. The number of nitrogens with zero attached hydrogens (tertiary/aromatic N) is 1. The van der Waals surface area contributed by atoms with Gasteiger partial charge in [0, 0.05) is 35.6 Å². The molecule has 3 aromatic rings. The van der Waals surface area contributed by atoms with E-state index in [9.17, 15) is 14.9 Å². The van der Waals surface area contributed by atoms with E-state index in [1.54, 1.807) is 18.2 Å². The molecule has 0 amide bonds. The van der Waals surface area contributed by atoms with Crippen molar-refractivity contribution in [2.24, 2.45) is 0 Å². The SMILES string of the molecule is C#CCCCCOc1cc([N+](=O)[O-])ccc1COc1ccc2c(C)cc(=O)oc2c1. The first kappa shape index (κ1) is 20.9. The van der Waals surface area contributed by atoms with Crippen molar-refractivity contribution in [3.05, 3.63) is 74.1 Å². The summed E-state index contributed by atoms with van der Waals surface area (Å²) in [6, 6.07) is 11.1. The van der Waals surface area contributed by atoms with Crippen LogP contribution >= 0.6 is 0 Å². The maximum Gasteiger partial charge on any atom is 0.336 e. The number of terminal acetylenes is 1. The summed E-state index contributed by atoms with van der Waals surface area (Å²) in [5.41, 5.74) is 1.45. The Kier molecular flexibility index (Phi) is 6.71. The van der Waals surface area contributed by atoms with E-state index in [4.69, 9.17) is 20.3 Å². The van der Waals surface area contributed by atoms with Gasteiger partial charge in [0.2, 0.25) is 0 Å². The number of rotatable bonds is 9. The van der Waals surface area contributed by atoms with Crippen molar-refractivity contribution in [3.8, 4) is 23.8 Å². The summed E-state index contributed by atoms with van der Waals surface area (Å²) in [6.07, 6.45) is 7.46. The van der Waals surface area contributed by atoms with Gasteiger partial charge in [-0.15, -0.1) is 12.3 Å². The van der Waals surface area contributed by atoms with Gasteiger partial charge < -0.3 is 13.9 Å². The quantitative estimate of drug-likeness (QED) is 0.167. The second-order valence-corrected chi connectivity index (χ2v) is 6.75. The molecule has 7 heteroatoms. The molecule has 0 N–H and O–H groups in total. The smallest absolute Gasteiger partial charge is 0.336 e. The van der Waals surface area contributed by atoms with Gasteiger partial charge in [-0.1, -0.05) is 0 Å². The Labute approximate surface area is 173 Å². The van der Waals surface area contributed by atoms with Crippen LogP contribution in [-0.4, -0.2) is 11.5 Å². The Morgan fingerprint density at radius 2 is 1.97 bits per heavy atom. The molecule has 7 nitrogen and oxygen atoms in total. The van der Waals surface area contributed by atoms with E-state index in [-0.39, 0.29) is 12.3 Å². The molecule has 1 aromatic heterocycles. The number of unbranched alkanes of at least 4 members (excludes halogenated alkanes) is 2. The van der Waals surface area contributed by atoms with Crippen LogP contribution in [0.1, 0.15) is 30.4 Å². The highest BCUT2D eigenvalue weighted by Gasteiger charge is 2.13. The summed E-state index contributed by atoms with van der Waals surface area (Å²) < 4.78 is 16.8. The van der Waals surface area contributed by atoms with Crippen molar-refractivity contribution in [2.45, 2.75) is 32.8 Å². The molecule has 0 atom stereocenters. The minimum absolute atomic E-state index is 0.0552. The highest BCUT2D eigenvalue weighted by molar-refractivity contribution is 5.81. The summed E-state index contributed by atoms with van der Waals surface area (Å²) in [5.74, 6) is 3.47. The summed E-state index contributed by atoms with van der Waals surface area (Å²) in [7, 11) is 0. The normalized spacial score (nSPS) is 10.5. The van der Waals surface area contributed by atoms with Crippen molar-refractivity contribution < 1.29 is 18.8 Å². The molecule has 0 spiro atoms. The molecule has 2 aromatic carbocycles. The number of nitro groups is 1. The number of non-ortho nitro benzene ring substituents is 1. The van der Waals surface area contributed by atoms with Crippen molar-refractivity contribution >= 4 is 16.7 Å². The van der Waals surface area contributed by atoms with Crippen LogP contribution in [-0.2, 0) is 6.61 Å². The van der Waals surface area contributed by atoms with Gasteiger partial charge in [0.15, 0.2) is 0 Å². The molecular formula is C23H21NO6. The van der Waals surface area contributed by atoms with Crippen LogP contribution in [0.5, 0.6) is 11.5 Å². The third-order valence-corrected chi connectivity index (χ3v) is 4.55. The first-order valence-corrected chi connectivity index (χ1v) is 9.49. The number of ether oxygens (including phenoxy) is 2. The molecule has 154 valence electrons. The summed E-state index contributed by atoms with van der Waals surface area (Å²) in [4.78, 5) is 22.2. The minimum atomic E-state index is -0.469. The van der Waals surface area contributed by atoms with Gasteiger partial charge in [-0.3, -0.25) is 10.1 Å². The van der Waals surface area contributed by atoms with Crippen LogP contribution in [0.4, 0.5) is 5.69 Å². The van der Waals surface area contributed by atoms with Gasteiger partial charge >= 0.3 is 5.63 Å². The van der Waals surface area contributed by atoms with Crippen molar-refractivity contribution in [1.82, 2.24) is 0 Å². The zero-order valence-corrected chi connectivity index (χ0v) is 16.6. The molecule has 30 heavy (non-hydrogen) atoms. The Balaban J connectivity index is 1.76. The van der Waals surface area contributed by atoms with E-state index in [0.29, 0.717) is 35.7 Å². The second-order valence-electron chi connectivity index (χ2n) is 6.75. The van der Waals surface area contributed by atoms with Crippen LogP contribution in [0, 0.1) is 29.4 Å². The van der Waals surface area contributed by atoms with Crippen molar-refractivity contribution in [2.75, 3.05) is 6.61 Å². The van der Waals surface area contributed by atoms with E-state index < -0.39 is 10.5 Å². The van der Waals surface area contributed by atoms with E-state index >= 15 is 0 Å². The number of fused-ring (bicyclic) bond motifs is 1. The van der Waals surface area contributed by atoms with Crippen LogP contribution in [0.15, 0.2) is 51.7 Å². The standard InChI is InChI=1S/C23H21NO6/c1-3-4-5-6-11-28-21-13-18(24(26)27)8-7-17(21)15-29-19-9-10-20-16(2)12-23(25)30-22(20)14-19/h1,7-10,12-14H,4-6,11,15H2,2H3. The Bertz CT molecular complexity index is 1160. The zero-order chi connectivity index (χ0) is 21.5. The maximum atomic E-state index is 11.6. The Morgan fingerprint density at radius 1 is 1.13 bits per heavy atom. The van der Waals surface area contributed by atoms with Crippen LogP contribution in [0.3, 0.4) is 0 Å². The third-order valence-electron chi connectivity index (χ3n) is 4.55. The zero-order valence-electron chi connectivity index (χ0n) is 16.6. The molecule has 0 aliphatic rings. The number of benzene rings is 2. The van der Waals surface area contributed by atoms with Gasteiger partial charge in [-0.25, -0.2) is 4.79 Å². The van der Waals surface area contributed by atoms with Gasteiger partial charge in [-0.2, -0.15) is 0 Å². The van der Waals surface area contributed by atoms with Crippen molar-refractivity contribution in [3.63, 3.8) is 0 Å². The topological polar surface area (TPSA) is 91.8 Å². The molecule has 0 saturated heterocycles. The average molecular weight is 407 g/mol. The lowest BCUT2D eigenvalue weighted by Crippen LogP contribution is -2.04. The van der Waals surface area contributed by atoms with Gasteiger partial charge in [0.1, 0.15) is 23.7 Å². The number of hydrogen-bond acceptors (Lipinski definition) is 6. The lowest BCUT2D eigenvalue weighted by atomic mass is 10.1. The van der Waals surface area contributed by atoms with Gasteiger partial charge in [0.05, 0.1) is 17.6 Å². The number of aryl methyl sites for hydroxylation is 1. The predicted octanol–water partition coefficient (Wildman–Crippen LogP) is 4.77. The van der Waals surface area contributed by atoms with Crippen LogP contribution in [0.25, 0.3) is 11.0 Å². The van der Waals surface area contributed by atoms with Gasteiger partial charge in [-0.05, 0) is 43.5 Å². The molecule has 0 radical (unpaired) electrons. The molecule has 0 saturated carbocycles.